The van der Waals surface area contributed by atoms with Gasteiger partial charge in [0.25, 0.3) is 0 Å². The van der Waals surface area contributed by atoms with Gasteiger partial charge >= 0.3 is 6.09 Å². The lowest BCUT2D eigenvalue weighted by molar-refractivity contribution is 0.0963. The fourth-order valence-corrected chi connectivity index (χ4v) is 3.03. The number of aromatic nitrogens is 2. The van der Waals surface area contributed by atoms with Crippen molar-refractivity contribution in [3.63, 3.8) is 0 Å². The molecule has 0 saturated carbocycles. The highest BCUT2D eigenvalue weighted by molar-refractivity contribution is 14.0. The summed E-state index contributed by atoms with van der Waals surface area (Å²) in [6, 6.07) is 8.12. The van der Waals surface area contributed by atoms with E-state index in [0.717, 1.165) is 24.2 Å². The van der Waals surface area contributed by atoms with Gasteiger partial charge in [-0.3, -0.25) is 0 Å². The van der Waals surface area contributed by atoms with E-state index in [0.29, 0.717) is 32.2 Å². The third-order valence-corrected chi connectivity index (χ3v) is 4.52. The second-order valence-electron chi connectivity index (χ2n) is 6.53. The van der Waals surface area contributed by atoms with Gasteiger partial charge in [0.1, 0.15) is 5.82 Å². The number of halogens is 2. The second-order valence-corrected chi connectivity index (χ2v) is 6.53. The third kappa shape index (κ3) is 6.58. The Balaban J connectivity index is 0.00000300. The summed E-state index contributed by atoms with van der Waals surface area (Å²) in [6.45, 7) is 3.78. The minimum absolute atomic E-state index is 0. The fourth-order valence-electron chi connectivity index (χ4n) is 3.03. The Hall–Kier alpha value is -2.37. The summed E-state index contributed by atoms with van der Waals surface area (Å²) in [5.74, 6) is 0.0681. The highest BCUT2D eigenvalue weighted by Crippen LogP contribution is 2.12. The molecule has 1 aliphatic heterocycles. The van der Waals surface area contributed by atoms with Crippen LogP contribution in [0.3, 0.4) is 0 Å². The zero-order valence-corrected chi connectivity index (χ0v) is 18.6. The van der Waals surface area contributed by atoms with Gasteiger partial charge in [-0.1, -0.05) is 0 Å². The Morgan fingerprint density at radius 3 is 2.66 bits per heavy atom. The first-order chi connectivity index (χ1) is 13.5. The first-order valence-electron chi connectivity index (χ1n) is 9.34. The van der Waals surface area contributed by atoms with E-state index in [9.17, 15) is 9.18 Å². The summed E-state index contributed by atoms with van der Waals surface area (Å²) < 4.78 is 19.7. The highest BCUT2D eigenvalue weighted by atomic mass is 127. The normalized spacial score (nSPS) is 15.0. The predicted molar refractivity (Wildman–Crippen MR) is 119 cm³/mol. The van der Waals surface area contributed by atoms with E-state index >= 15 is 0 Å². The minimum Gasteiger partial charge on any atom is -0.450 e. The Labute approximate surface area is 186 Å². The van der Waals surface area contributed by atoms with Gasteiger partial charge < -0.3 is 20.7 Å². The molecule has 1 fully saturated rings. The molecule has 3 rings (SSSR count). The maximum absolute atomic E-state index is 13.0. The van der Waals surface area contributed by atoms with Gasteiger partial charge in [0.15, 0.2) is 5.96 Å². The molecular weight excluding hydrogens is 490 g/mol. The number of benzene rings is 1. The van der Waals surface area contributed by atoms with Crippen molar-refractivity contribution in [2.45, 2.75) is 32.4 Å². The summed E-state index contributed by atoms with van der Waals surface area (Å²) in [5, 5.41) is 7.62. The lowest BCUT2D eigenvalue weighted by Gasteiger charge is -2.31. The van der Waals surface area contributed by atoms with Gasteiger partial charge in [0.2, 0.25) is 0 Å². The van der Waals surface area contributed by atoms with Gasteiger partial charge in [-0.25, -0.2) is 18.9 Å². The summed E-state index contributed by atoms with van der Waals surface area (Å²) in [6.07, 6.45) is 3.11. The largest absolute Gasteiger partial charge is 0.450 e. The number of carbonyl (C=O) groups excluding carboxylic acids is 1. The molecule has 0 spiro atoms. The lowest BCUT2D eigenvalue weighted by atomic mass is 10.1. The molecule has 0 radical (unpaired) electrons. The van der Waals surface area contributed by atoms with Crippen LogP contribution in [0.25, 0.3) is 5.69 Å². The number of nitrogens with one attached hydrogen (secondary N) is 1. The number of guanidine groups is 1. The number of carbonyl (C=O) groups is 1. The highest BCUT2D eigenvalue weighted by Gasteiger charge is 2.23. The minimum atomic E-state index is -0.285. The maximum Gasteiger partial charge on any atom is 0.409 e. The number of piperidine rings is 1. The van der Waals surface area contributed by atoms with E-state index < -0.39 is 0 Å². The zero-order chi connectivity index (χ0) is 19.9. The molecule has 0 aliphatic carbocycles. The molecule has 0 unspecified atom stereocenters. The quantitative estimate of drug-likeness (QED) is 0.362. The van der Waals surface area contributed by atoms with Gasteiger partial charge in [-0.15, -0.1) is 24.0 Å². The molecule has 0 bridgehead atoms. The summed E-state index contributed by atoms with van der Waals surface area (Å²) in [7, 11) is 0. The number of nitrogens with two attached hydrogens (primary N) is 1. The van der Waals surface area contributed by atoms with E-state index in [2.05, 4.69) is 15.4 Å². The Kier molecular flexibility index (Phi) is 8.68. The number of nitrogens with zero attached hydrogens (tertiary/aromatic N) is 4. The van der Waals surface area contributed by atoms with Crippen molar-refractivity contribution in [1.82, 2.24) is 20.0 Å². The van der Waals surface area contributed by atoms with Crippen molar-refractivity contribution in [1.29, 1.82) is 0 Å². The Morgan fingerprint density at radius 2 is 2.00 bits per heavy atom. The number of amides is 1. The van der Waals surface area contributed by atoms with Crippen LogP contribution >= 0.6 is 24.0 Å². The van der Waals surface area contributed by atoms with Gasteiger partial charge in [0, 0.05) is 25.3 Å². The van der Waals surface area contributed by atoms with Crippen LogP contribution in [0.5, 0.6) is 0 Å². The molecule has 8 nitrogen and oxygen atoms in total. The van der Waals surface area contributed by atoms with Gasteiger partial charge in [-0.05, 0) is 50.1 Å². The summed E-state index contributed by atoms with van der Waals surface area (Å²) >= 11 is 0. The smallest absolute Gasteiger partial charge is 0.409 e. The number of likely N-dealkylation sites (tertiary alicyclic amines) is 1. The van der Waals surface area contributed by atoms with E-state index in [1.807, 2.05) is 6.07 Å². The van der Waals surface area contributed by atoms with Crippen LogP contribution in [0, 0.1) is 5.82 Å². The standard InChI is InChI=1S/C19H25FN6O2.HI/c1-2-28-19(27)25-10-7-15(8-11-25)23-18(21)22-13-16-9-12-26(24-16)17-5-3-14(20)4-6-17;/h3-6,9,12,15H,2,7-8,10-11,13H2,1H3,(H3,21,22,23);1H. The van der Waals surface area contributed by atoms with Crippen LogP contribution in [0.1, 0.15) is 25.5 Å². The maximum atomic E-state index is 13.0. The van der Waals surface area contributed by atoms with Crippen LogP contribution in [-0.4, -0.2) is 52.5 Å². The average molecular weight is 516 g/mol. The zero-order valence-electron chi connectivity index (χ0n) is 16.3. The molecule has 2 aromatic rings. The molecule has 29 heavy (non-hydrogen) atoms. The summed E-state index contributed by atoms with van der Waals surface area (Å²) in [5.41, 5.74) is 7.52. The molecule has 3 N–H and O–H groups in total. The molecule has 1 saturated heterocycles. The molecule has 158 valence electrons. The van der Waals surface area contributed by atoms with Crippen LogP contribution in [-0.2, 0) is 11.3 Å². The van der Waals surface area contributed by atoms with Crippen molar-refractivity contribution in [2.24, 2.45) is 10.7 Å². The molecule has 1 amide bonds. The first-order valence-corrected chi connectivity index (χ1v) is 9.34. The van der Waals surface area contributed by atoms with E-state index in [1.54, 1.807) is 34.8 Å². The molecule has 10 heteroatoms. The summed E-state index contributed by atoms with van der Waals surface area (Å²) in [4.78, 5) is 17.8. The van der Waals surface area contributed by atoms with Gasteiger partial charge in [0.05, 0.1) is 24.5 Å². The number of hydrogen-bond donors (Lipinski definition) is 2. The van der Waals surface area contributed by atoms with Crippen LogP contribution in [0.4, 0.5) is 9.18 Å². The van der Waals surface area contributed by atoms with E-state index in [1.165, 1.54) is 12.1 Å². The number of hydrogen-bond acceptors (Lipinski definition) is 4. The van der Waals surface area contributed by atoms with Crippen molar-refractivity contribution in [2.75, 3.05) is 19.7 Å². The Morgan fingerprint density at radius 1 is 1.31 bits per heavy atom. The second kappa shape index (κ2) is 11.0. The van der Waals surface area contributed by atoms with E-state index in [4.69, 9.17) is 10.5 Å². The first kappa shape index (κ1) is 22.9. The van der Waals surface area contributed by atoms with Crippen molar-refractivity contribution in [3.8, 4) is 5.69 Å². The topological polar surface area (TPSA) is 97.8 Å². The monoisotopic (exact) mass is 516 g/mol. The Bertz CT molecular complexity index is 818. The van der Waals surface area contributed by atoms with Crippen molar-refractivity contribution in [3.05, 3.63) is 48.0 Å². The van der Waals surface area contributed by atoms with Crippen molar-refractivity contribution < 1.29 is 13.9 Å². The SMILES string of the molecule is CCOC(=O)N1CCC(NC(N)=NCc2ccn(-c3ccc(F)cc3)n2)CC1.I. The third-order valence-electron chi connectivity index (χ3n) is 4.52. The van der Waals surface area contributed by atoms with Crippen molar-refractivity contribution >= 4 is 36.0 Å². The molecule has 1 aromatic heterocycles. The predicted octanol–water partition coefficient (Wildman–Crippen LogP) is 2.65. The molecule has 2 heterocycles. The molecule has 1 aliphatic rings. The van der Waals surface area contributed by atoms with Gasteiger partial charge in [-0.2, -0.15) is 5.10 Å². The average Bonchev–Trinajstić information content (AvgIpc) is 3.17. The number of ether oxygens (including phenoxy) is 1. The molecule has 0 atom stereocenters. The van der Waals surface area contributed by atoms with E-state index in [-0.39, 0.29) is 41.9 Å². The van der Waals surface area contributed by atoms with Crippen LogP contribution in [0.2, 0.25) is 0 Å². The van der Waals surface area contributed by atoms with Crippen LogP contribution < -0.4 is 11.1 Å². The molecular formula is C19H26FIN6O2. The fraction of sp³-hybridized carbons (Fsp3) is 0.421. The number of rotatable bonds is 5. The van der Waals surface area contributed by atoms with Crippen LogP contribution in [0.15, 0.2) is 41.5 Å². The number of aliphatic imine (C=N–C) groups is 1. The lowest BCUT2D eigenvalue weighted by Crippen LogP contribution is -2.48. The molecule has 1 aromatic carbocycles.